The van der Waals surface area contributed by atoms with E-state index in [4.69, 9.17) is 5.26 Å². The number of fused-ring (bicyclic) bond motifs is 1. The number of hydrogen-bond acceptors (Lipinski definition) is 7. The van der Waals surface area contributed by atoms with E-state index in [0.717, 1.165) is 22.3 Å². The van der Waals surface area contributed by atoms with Crippen LogP contribution in [0.15, 0.2) is 67.0 Å². The molecular weight excluding hydrogens is 326 g/mol. The van der Waals surface area contributed by atoms with Crippen molar-refractivity contribution >= 4 is 34.0 Å². The molecule has 0 bridgehead atoms. The van der Waals surface area contributed by atoms with Gasteiger partial charge in [0.1, 0.15) is 0 Å². The highest BCUT2D eigenvalue weighted by Gasteiger charge is 2.06. The van der Waals surface area contributed by atoms with E-state index in [1.165, 1.54) is 6.20 Å². The molecule has 0 aliphatic heterocycles. The Morgan fingerprint density at radius 3 is 2.62 bits per heavy atom. The molecule has 0 fully saturated rings. The Balaban J connectivity index is 1.58. The van der Waals surface area contributed by atoms with Crippen LogP contribution in [0.2, 0.25) is 0 Å². The predicted octanol–water partition coefficient (Wildman–Crippen LogP) is 3.78. The minimum Gasteiger partial charge on any atom is -0.339 e. The number of benzene rings is 2. The van der Waals surface area contributed by atoms with Gasteiger partial charge in [-0.3, -0.25) is 4.98 Å². The Hall–Kier alpha value is -4.05. The topological polar surface area (TPSA) is 99.4 Å². The van der Waals surface area contributed by atoms with Crippen LogP contribution in [0, 0.1) is 11.3 Å². The average Bonchev–Trinajstić information content (AvgIpc) is 2.69. The molecule has 0 radical (unpaired) electrons. The molecule has 0 atom stereocenters. The maximum atomic E-state index is 8.86. The molecule has 2 aromatic carbocycles. The summed E-state index contributed by atoms with van der Waals surface area (Å²) in [6, 6.07) is 18.9. The van der Waals surface area contributed by atoms with E-state index in [1.807, 2.05) is 42.5 Å². The van der Waals surface area contributed by atoms with Crippen LogP contribution >= 0.6 is 0 Å². The van der Waals surface area contributed by atoms with Crippen molar-refractivity contribution in [3.63, 3.8) is 0 Å². The molecule has 0 aliphatic carbocycles. The van der Waals surface area contributed by atoms with Crippen molar-refractivity contribution in [2.75, 3.05) is 10.6 Å². The van der Waals surface area contributed by atoms with Crippen LogP contribution in [0.1, 0.15) is 5.56 Å². The first-order valence-corrected chi connectivity index (χ1v) is 7.89. The molecule has 7 heteroatoms. The van der Waals surface area contributed by atoms with Crippen LogP contribution in [-0.2, 0) is 0 Å². The fraction of sp³-hybridized carbons (Fsp3) is 0. The van der Waals surface area contributed by atoms with E-state index in [0.29, 0.717) is 17.3 Å². The molecule has 4 rings (SSSR count). The van der Waals surface area contributed by atoms with E-state index in [2.05, 4.69) is 36.9 Å². The van der Waals surface area contributed by atoms with E-state index in [9.17, 15) is 0 Å². The van der Waals surface area contributed by atoms with Crippen molar-refractivity contribution in [2.24, 2.45) is 0 Å². The van der Waals surface area contributed by atoms with Gasteiger partial charge in [0.25, 0.3) is 0 Å². The van der Waals surface area contributed by atoms with E-state index in [1.54, 1.807) is 18.3 Å². The summed E-state index contributed by atoms with van der Waals surface area (Å²) < 4.78 is 0. The molecule has 0 saturated heterocycles. The van der Waals surface area contributed by atoms with E-state index in [-0.39, 0.29) is 0 Å². The molecule has 26 heavy (non-hydrogen) atoms. The highest BCUT2D eigenvalue weighted by molar-refractivity contribution is 5.91. The molecule has 4 aromatic rings. The summed E-state index contributed by atoms with van der Waals surface area (Å²) in [4.78, 5) is 8.83. The van der Waals surface area contributed by atoms with Gasteiger partial charge in [0, 0.05) is 17.3 Å². The largest absolute Gasteiger partial charge is 0.339 e. The number of nitrogens with zero attached hydrogens (tertiary/aromatic N) is 5. The van der Waals surface area contributed by atoms with Crippen LogP contribution in [0.4, 0.5) is 23.1 Å². The van der Waals surface area contributed by atoms with Crippen molar-refractivity contribution < 1.29 is 0 Å². The Kier molecular flexibility index (Phi) is 4.06. The second kappa shape index (κ2) is 6.83. The molecule has 2 aromatic heterocycles. The van der Waals surface area contributed by atoms with Gasteiger partial charge >= 0.3 is 0 Å². The minimum atomic E-state index is 0.363. The van der Waals surface area contributed by atoms with Gasteiger partial charge in [0.05, 0.1) is 29.0 Å². The van der Waals surface area contributed by atoms with Crippen LogP contribution in [0.3, 0.4) is 0 Å². The summed E-state index contributed by atoms with van der Waals surface area (Å²) in [5.74, 6) is 0.905. The minimum absolute atomic E-state index is 0.363. The number of nitrogens with one attached hydrogen (secondary N) is 2. The maximum Gasteiger partial charge on any atom is 0.249 e. The predicted molar refractivity (Wildman–Crippen MR) is 99.3 cm³/mol. The van der Waals surface area contributed by atoms with Crippen LogP contribution in [0.25, 0.3) is 10.9 Å². The van der Waals surface area contributed by atoms with Crippen molar-refractivity contribution in [1.82, 2.24) is 20.2 Å². The lowest BCUT2D eigenvalue weighted by atomic mass is 10.2. The van der Waals surface area contributed by atoms with Gasteiger partial charge in [-0.2, -0.15) is 15.3 Å². The number of para-hydroxylation sites is 1. The maximum absolute atomic E-state index is 8.86. The smallest absolute Gasteiger partial charge is 0.249 e. The Bertz CT molecular complexity index is 1100. The summed E-state index contributed by atoms with van der Waals surface area (Å²) in [5.41, 5.74) is 3.05. The highest BCUT2D eigenvalue weighted by Crippen LogP contribution is 2.23. The Morgan fingerprint density at radius 1 is 0.923 bits per heavy atom. The lowest BCUT2D eigenvalue weighted by Crippen LogP contribution is -2.03. The van der Waals surface area contributed by atoms with Crippen molar-refractivity contribution in [2.45, 2.75) is 0 Å². The molecule has 7 nitrogen and oxygen atoms in total. The van der Waals surface area contributed by atoms with Gasteiger partial charge in [0.2, 0.25) is 5.95 Å². The molecule has 2 heterocycles. The molecule has 0 amide bonds. The third-order valence-electron chi connectivity index (χ3n) is 3.72. The van der Waals surface area contributed by atoms with Gasteiger partial charge < -0.3 is 10.6 Å². The number of aromatic nitrogens is 4. The Morgan fingerprint density at radius 2 is 1.77 bits per heavy atom. The zero-order chi connectivity index (χ0) is 17.8. The molecule has 0 unspecified atom stereocenters. The summed E-state index contributed by atoms with van der Waals surface area (Å²) in [5, 5.41) is 24.2. The lowest BCUT2D eigenvalue weighted by molar-refractivity contribution is 0.983. The number of hydrogen-bond donors (Lipinski definition) is 2. The highest BCUT2D eigenvalue weighted by atomic mass is 15.3. The van der Waals surface area contributed by atoms with Gasteiger partial charge in [-0.25, -0.2) is 0 Å². The quantitative estimate of drug-likeness (QED) is 0.583. The third kappa shape index (κ3) is 3.25. The summed E-state index contributed by atoms with van der Waals surface area (Å²) in [6.07, 6.45) is 3.28. The SMILES string of the molecule is N#Cc1ccc(Nc2cnnc(Nc3cccc4cccnc34)n2)cc1. The standard InChI is InChI=1S/C19H13N7/c20-11-13-6-8-15(9-7-13)23-17-12-22-26-19(25-17)24-16-5-1-3-14-4-2-10-21-18(14)16/h1-10,12H,(H2,23,24,25,26). The third-order valence-corrected chi connectivity index (χ3v) is 3.72. The van der Waals surface area contributed by atoms with Gasteiger partial charge in [-0.15, -0.1) is 5.10 Å². The molecule has 124 valence electrons. The van der Waals surface area contributed by atoms with Gasteiger partial charge in [-0.05, 0) is 36.4 Å². The number of anilines is 4. The molecular formula is C19H13N7. The zero-order valence-corrected chi connectivity index (χ0v) is 13.6. The van der Waals surface area contributed by atoms with Crippen molar-refractivity contribution in [1.29, 1.82) is 5.26 Å². The second-order valence-electron chi connectivity index (χ2n) is 5.49. The lowest BCUT2D eigenvalue weighted by Gasteiger charge is -2.09. The molecule has 0 saturated carbocycles. The fourth-order valence-corrected chi connectivity index (χ4v) is 2.52. The molecule has 0 spiro atoms. The molecule has 0 aliphatic rings. The normalized spacial score (nSPS) is 10.3. The summed E-state index contributed by atoms with van der Waals surface area (Å²) in [7, 11) is 0. The van der Waals surface area contributed by atoms with Crippen molar-refractivity contribution in [3.05, 3.63) is 72.6 Å². The van der Waals surface area contributed by atoms with Crippen LogP contribution < -0.4 is 10.6 Å². The first-order valence-electron chi connectivity index (χ1n) is 7.89. The number of nitriles is 1. The number of pyridine rings is 1. The van der Waals surface area contributed by atoms with E-state index < -0.39 is 0 Å². The van der Waals surface area contributed by atoms with Crippen LogP contribution in [-0.4, -0.2) is 20.2 Å². The van der Waals surface area contributed by atoms with Crippen molar-refractivity contribution in [3.8, 4) is 6.07 Å². The fourth-order valence-electron chi connectivity index (χ4n) is 2.52. The first kappa shape index (κ1) is 15.5. The zero-order valence-electron chi connectivity index (χ0n) is 13.6. The first-order chi connectivity index (χ1) is 12.8. The van der Waals surface area contributed by atoms with Gasteiger partial charge in [-0.1, -0.05) is 18.2 Å². The van der Waals surface area contributed by atoms with E-state index >= 15 is 0 Å². The Labute approximate surface area is 149 Å². The molecule has 2 N–H and O–H groups in total. The average molecular weight is 339 g/mol. The van der Waals surface area contributed by atoms with Crippen LogP contribution in [0.5, 0.6) is 0 Å². The van der Waals surface area contributed by atoms with Gasteiger partial charge in [0.15, 0.2) is 5.82 Å². The number of rotatable bonds is 4. The summed E-state index contributed by atoms with van der Waals surface area (Å²) >= 11 is 0. The second-order valence-corrected chi connectivity index (χ2v) is 5.49. The monoisotopic (exact) mass is 339 g/mol. The summed E-state index contributed by atoms with van der Waals surface area (Å²) in [6.45, 7) is 0.